The molecule has 1 atom stereocenters. The van der Waals surface area contributed by atoms with Crippen molar-refractivity contribution in [2.45, 2.75) is 26.3 Å². The van der Waals surface area contributed by atoms with E-state index in [4.69, 9.17) is 0 Å². The number of hydrogen-bond donors (Lipinski definition) is 1. The molecule has 18 heavy (non-hydrogen) atoms. The molecule has 0 amide bonds. The molecule has 0 aliphatic carbocycles. The van der Waals surface area contributed by atoms with Gasteiger partial charge in [-0.2, -0.15) is 0 Å². The molecule has 1 heterocycles. The molecule has 0 spiro atoms. The highest BCUT2D eigenvalue weighted by molar-refractivity contribution is 5.73. The first-order chi connectivity index (χ1) is 8.72. The van der Waals surface area contributed by atoms with Gasteiger partial charge >= 0.3 is 0 Å². The molecule has 3 nitrogen and oxygen atoms in total. The standard InChI is InChI=1S/C15H25N3/c1-4-9-16-13(2)12-18-11-10-17(3)14-7-5-6-8-15(14)18/h5-8,13,16H,4,9-12H2,1-3H3. The summed E-state index contributed by atoms with van der Waals surface area (Å²) in [6.07, 6.45) is 1.20. The largest absolute Gasteiger partial charge is 0.371 e. The fourth-order valence-corrected chi connectivity index (χ4v) is 2.54. The molecule has 2 rings (SSSR count). The van der Waals surface area contributed by atoms with Crippen LogP contribution >= 0.6 is 0 Å². The van der Waals surface area contributed by atoms with Crippen LogP contribution in [-0.4, -0.2) is 39.3 Å². The van der Waals surface area contributed by atoms with Crippen LogP contribution in [0.15, 0.2) is 24.3 Å². The average molecular weight is 247 g/mol. The van der Waals surface area contributed by atoms with Gasteiger partial charge in [0.1, 0.15) is 0 Å². The monoisotopic (exact) mass is 247 g/mol. The minimum atomic E-state index is 0.543. The first-order valence-corrected chi connectivity index (χ1v) is 7.01. The Balaban J connectivity index is 2.04. The molecule has 0 fully saturated rings. The Hall–Kier alpha value is -1.22. The number of anilines is 2. The summed E-state index contributed by atoms with van der Waals surface area (Å²) in [5.41, 5.74) is 2.72. The van der Waals surface area contributed by atoms with Gasteiger partial charge in [0.25, 0.3) is 0 Å². The van der Waals surface area contributed by atoms with E-state index in [9.17, 15) is 0 Å². The lowest BCUT2D eigenvalue weighted by Crippen LogP contribution is -2.45. The van der Waals surface area contributed by atoms with E-state index in [-0.39, 0.29) is 0 Å². The van der Waals surface area contributed by atoms with Gasteiger partial charge in [0.2, 0.25) is 0 Å². The summed E-state index contributed by atoms with van der Waals surface area (Å²) in [6, 6.07) is 9.25. The summed E-state index contributed by atoms with van der Waals surface area (Å²) in [6.45, 7) is 8.91. The second-order valence-electron chi connectivity index (χ2n) is 5.21. The van der Waals surface area contributed by atoms with Crippen molar-refractivity contribution in [3.63, 3.8) is 0 Å². The SMILES string of the molecule is CCCNC(C)CN1CCN(C)c2ccccc21. The van der Waals surface area contributed by atoms with Gasteiger partial charge in [-0.3, -0.25) is 0 Å². The molecule has 0 bridgehead atoms. The highest BCUT2D eigenvalue weighted by atomic mass is 15.3. The molecule has 3 heteroatoms. The number of hydrogen-bond acceptors (Lipinski definition) is 3. The molecule has 1 unspecified atom stereocenters. The Kier molecular flexibility index (Phi) is 4.48. The van der Waals surface area contributed by atoms with E-state index in [1.807, 2.05) is 0 Å². The predicted octanol–water partition coefficient (Wildman–Crippen LogP) is 2.33. The van der Waals surface area contributed by atoms with E-state index < -0.39 is 0 Å². The molecule has 0 saturated heterocycles. The maximum absolute atomic E-state index is 3.57. The lowest BCUT2D eigenvalue weighted by atomic mass is 10.1. The summed E-state index contributed by atoms with van der Waals surface area (Å²) in [7, 11) is 2.18. The minimum Gasteiger partial charge on any atom is -0.371 e. The summed E-state index contributed by atoms with van der Waals surface area (Å²) in [5.74, 6) is 0. The highest BCUT2D eigenvalue weighted by Crippen LogP contribution is 2.31. The van der Waals surface area contributed by atoms with E-state index in [0.29, 0.717) is 6.04 Å². The van der Waals surface area contributed by atoms with Crippen LogP contribution < -0.4 is 15.1 Å². The second kappa shape index (κ2) is 6.10. The molecule has 100 valence electrons. The van der Waals surface area contributed by atoms with E-state index in [0.717, 1.165) is 26.2 Å². The Labute approximate surface area is 111 Å². The van der Waals surface area contributed by atoms with Crippen molar-refractivity contribution in [2.75, 3.05) is 43.0 Å². The molecule has 1 N–H and O–H groups in total. The van der Waals surface area contributed by atoms with Gasteiger partial charge in [-0.15, -0.1) is 0 Å². The van der Waals surface area contributed by atoms with Crippen molar-refractivity contribution in [3.05, 3.63) is 24.3 Å². The second-order valence-corrected chi connectivity index (χ2v) is 5.21. The zero-order valence-electron chi connectivity index (χ0n) is 11.8. The van der Waals surface area contributed by atoms with Gasteiger partial charge in [-0.25, -0.2) is 0 Å². The lowest BCUT2D eigenvalue weighted by Gasteiger charge is -2.38. The fraction of sp³-hybridized carbons (Fsp3) is 0.600. The number of fused-ring (bicyclic) bond motifs is 1. The van der Waals surface area contributed by atoms with Gasteiger partial charge in [0.05, 0.1) is 11.4 Å². The van der Waals surface area contributed by atoms with Gasteiger partial charge < -0.3 is 15.1 Å². The molecular weight excluding hydrogens is 222 g/mol. The molecule has 1 aromatic carbocycles. The van der Waals surface area contributed by atoms with E-state index in [2.05, 4.69) is 60.3 Å². The summed E-state index contributed by atoms with van der Waals surface area (Å²) in [5, 5.41) is 3.57. The predicted molar refractivity (Wildman–Crippen MR) is 79.7 cm³/mol. The van der Waals surface area contributed by atoms with Crippen molar-refractivity contribution >= 4 is 11.4 Å². The zero-order chi connectivity index (χ0) is 13.0. The van der Waals surface area contributed by atoms with E-state index >= 15 is 0 Å². The Morgan fingerprint density at radius 2 is 1.94 bits per heavy atom. The normalized spacial score (nSPS) is 16.6. The first kappa shape index (κ1) is 13.2. The maximum atomic E-state index is 3.57. The number of nitrogens with zero attached hydrogens (tertiary/aromatic N) is 2. The van der Waals surface area contributed by atoms with Gasteiger partial charge in [-0.1, -0.05) is 19.1 Å². The van der Waals surface area contributed by atoms with Crippen LogP contribution in [0.3, 0.4) is 0 Å². The number of benzene rings is 1. The molecule has 1 aliphatic rings. The van der Waals surface area contributed by atoms with Crippen LogP contribution in [0.4, 0.5) is 11.4 Å². The fourth-order valence-electron chi connectivity index (χ4n) is 2.54. The first-order valence-electron chi connectivity index (χ1n) is 7.01. The zero-order valence-corrected chi connectivity index (χ0v) is 11.8. The summed E-state index contributed by atoms with van der Waals surface area (Å²) < 4.78 is 0. The number of likely N-dealkylation sites (N-methyl/N-ethyl adjacent to an activating group) is 1. The van der Waals surface area contributed by atoms with Gasteiger partial charge in [-0.05, 0) is 32.0 Å². The Morgan fingerprint density at radius 3 is 2.67 bits per heavy atom. The Bertz CT molecular complexity index is 378. The third-order valence-corrected chi connectivity index (χ3v) is 3.58. The molecular formula is C15H25N3. The lowest BCUT2D eigenvalue weighted by molar-refractivity contribution is 0.530. The van der Waals surface area contributed by atoms with Crippen molar-refractivity contribution in [2.24, 2.45) is 0 Å². The molecule has 1 aliphatic heterocycles. The van der Waals surface area contributed by atoms with Gasteiger partial charge in [0, 0.05) is 32.7 Å². The van der Waals surface area contributed by atoms with Crippen molar-refractivity contribution in [1.82, 2.24) is 5.32 Å². The van der Waals surface area contributed by atoms with Crippen LogP contribution in [0.25, 0.3) is 0 Å². The molecule has 0 aromatic heterocycles. The van der Waals surface area contributed by atoms with Gasteiger partial charge in [0.15, 0.2) is 0 Å². The highest BCUT2D eigenvalue weighted by Gasteiger charge is 2.20. The van der Waals surface area contributed by atoms with Crippen LogP contribution in [0, 0.1) is 0 Å². The number of para-hydroxylation sites is 2. The number of rotatable bonds is 5. The van der Waals surface area contributed by atoms with Crippen LogP contribution in [0.2, 0.25) is 0 Å². The minimum absolute atomic E-state index is 0.543. The molecule has 1 aromatic rings. The van der Waals surface area contributed by atoms with Crippen LogP contribution in [0.5, 0.6) is 0 Å². The average Bonchev–Trinajstić information content (AvgIpc) is 2.40. The molecule has 0 radical (unpaired) electrons. The van der Waals surface area contributed by atoms with E-state index in [1.165, 1.54) is 17.8 Å². The smallest absolute Gasteiger partial charge is 0.0605 e. The summed E-state index contributed by atoms with van der Waals surface area (Å²) in [4.78, 5) is 4.85. The quantitative estimate of drug-likeness (QED) is 0.861. The topological polar surface area (TPSA) is 18.5 Å². The molecule has 0 saturated carbocycles. The Morgan fingerprint density at radius 1 is 1.22 bits per heavy atom. The maximum Gasteiger partial charge on any atom is 0.0605 e. The third kappa shape index (κ3) is 2.96. The van der Waals surface area contributed by atoms with E-state index in [1.54, 1.807) is 0 Å². The van der Waals surface area contributed by atoms with Crippen LogP contribution in [-0.2, 0) is 0 Å². The van der Waals surface area contributed by atoms with Crippen LogP contribution in [0.1, 0.15) is 20.3 Å². The summed E-state index contributed by atoms with van der Waals surface area (Å²) >= 11 is 0. The van der Waals surface area contributed by atoms with Crippen molar-refractivity contribution in [3.8, 4) is 0 Å². The third-order valence-electron chi connectivity index (χ3n) is 3.58. The van der Waals surface area contributed by atoms with Crippen molar-refractivity contribution < 1.29 is 0 Å². The number of nitrogens with one attached hydrogen (secondary N) is 1. The van der Waals surface area contributed by atoms with Crippen molar-refractivity contribution in [1.29, 1.82) is 0 Å².